The summed E-state index contributed by atoms with van der Waals surface area (Å²) in [5, 5.41) is 2.47. The van der Waals surface area contributed by atoms with E-state index in [0.717, 1.165) is 0 Å². The zero-order valence-corrected chi connectivity index (χ0v) is 9.95. The fourth-order valence-corrected chi connectivity index (χ4v) is 2.51. The van der Waals surface area contributed by atoms with Crippen LogP contribution in [0.25, 0.3) is 0 Å². The Morgan fingerprint density at radius 3 is 2.56 bits per heavy atom. The summed E-state index contributed by atoms with van der Waals surface area (Å²) in [4.78, 5) is 11.5. The Labute approximate surface area is 102 Å². The lowest BCUT2D eigenvalue weighted by Crippen LogP contribution is -2.38. The van der Waals surface area contributed by atoms with Crippen molar-refractivity contribution in [3.8, 4) is 0 Å². The van der Waals surface area contributed by atoms with Crippen molar-refractivity contribution < 1.29 is 22.0 Å². The number of nitrogens with zero attached hydrogens (tertiary/aromatic N) is 1. The van der Waals surface area contributed by atoms with Crippen molar-refractivity contribution >= 4 is 21.6 Å². The van der Waals surface area contributed by atoms with Crippen LogP contribution in [-0.4, -0.2) is 30.9 Å². The minimum atomic E-state index is -4.76. The number of halogens is 2. The number of hydrogen-bond donors (Lipinski definition) is 1. The van der Waals surface area contributed by atoms with E-state index >= 15 is 0 Å². The van der Waals surface area contributed by atoms with Gasteiger partial charge in [-0.2, -0.15) is 13.1 Å². The molecule has 0 fully saturated rings. The molecule has 0 saturated carbocycles. The molecule has 0 saturated heterocycles. The van der Waals surface area contributed by atoms with Crippen molar-refractivity contribution in [2.24, 2.45) is 0 Å². The van der Waals surface area contributed by atoms with Crippen LogP contribution in [0.15, 0.2) is 24.3 Å². The van der Waals surface area contributed by atoms with Crippen LogP contribution in [0.5, 0.6) is 0 Å². The van der Waals surface area contributed by atoms with Gasteiger partial charge in [0.25, 0.3) is 10.0 Å². The minimum absolute atomic E-state index is 0.248. The molecule has 18 heavy (non-hydrogen) atoms. The zero-order chi connectivity index (χ0) is 13.3. The van der Waals surface area contributed by atoms with E-state index in [-0.39, 0.29) is 6.54 Å². The number of amides is 1. The molecular weight excluding hydrogens is 266 g/mol. The van der Waals surface area contributed by atoms with Gasteiger partial charge in [0, 0.05) is 12.2 Å². The SMILES string of the molecule is O=C1CN(S(=O)(=O)C(F)F)Cc2ccccc2N1. The van der Waals surface area contributed by atoms with E-state index in [1.165, 1.54) is 0 Å². The number of rotatable bonds is 2. The molecule has 0 aliphatic carbocycles. The number of para-hydroxylation sites is 1. The first kappa shape index (κ1) is 12.9. The maximum atomic E-state index is 12.5. The lowest BCUT2D eigenvalue weighted by atomic mass is 10.2. The van der Waals surface area contributed by atoms with Crippen LogP contribution in [0.1, 0.15) is 5.56 Å². The second kappa shape index (κ2) is 4.62. The molecule has 8 heteroatoms. The van der Waals surface area contributed by atoms with E-state index in [1.807, 2.05) is 0 Å². The third-order valence-electron chi connectivity index (χ3n) is 2.54. The van der Waals surface area contributed by atoms with Gasteiger partial charge in [-0.05, 0) is 11.6 Å². The first-order valence-corrected chi connectivity index (χ1v) is 6.56. The van der Waals surface area contributed by atoms with E-state index < -0.39 is 28.2 Å². The summed E-state index contributed by atoms with van der Waals surface area (Å²) in [6.45, 7) is -0.858. The lowest BCUT2D eigenvalue weighted by Gasteiger charge is -2.18. The number of alkyl halides is 2. The molecule has 2 rings (SSSR count). The van der Waals surface area contributed by atoms with Crippen molar-refractivity contribution in [2.45, 2.75) is 12.3 Å². The largest absolute Gasteiger partial charge is 0.350 e. The molecule has 98 valence electrons. The lowest BCUT2D eigenvalue weighted by molar-refractivity contribution is -0.116. The molecule has 1 aliphatic rings. The fraction of sp³-hybridized carbons (Fsp3) is 0.300. The van der Waals surface area contributed by atoms with Crippen LogP contribution in [0, 0.1) is 0 Å². The molecule has 0 spiro atoms. The fourth-order valence-electron chi connectivity index (χ4n) is 1.67. The number of carbonyl (C=O) groups excluding carboxylic acids is 1. The number of carbonyl (C=O) groups is 1. The molecule has 0 atom stereocenters. The molecule has 1 aliphatic heterocycles. The summed E-state index contributed by atoms with van der Waals surface area (Å²) in [5.41, 5.74) is 0.919. The van der Waals surface area contributed by atoms with Gasteiger partial charge in [-0.25, -0.2) is 8.42 Å². The highest BCUT2D eigenvalue weighted by atomic mass is 32.2. The molecule has 0 aromatic heterocycles. The number of sulfonamides is 1. The Kier molecular flexibility index (Phi) is 3.31. The normalized spacial score (nSPS) is 17.2. The maximum Gasteiger partial charge on any atom is 0.350 e. The quantitative estimate of drug-likeness (QED) is 0.876. The first-order chi connectivity index (χ1) is 8.41. The summed E-state index contributed by atoms with van der Waals surface area (Å²) in [6, 6.07) is 6.47. The van der Waals surface area contributed by atoms with Crippen LogP contribution in [0.3, 0.4) is 0 Å². The third kappa shape index (κ3) is 2.34. The molecule has 0 unspecified atom stereocenters. The molecule has 1 heterocycles. The molecule has 0 radical (unpaired) electrons. The Bertz CT molecular complexity index is 574. The Hall–Kier alpha value is -1.54. The van der Waals surface area contributed by atoms with Gasteiger partial charge in [-0.1, -0.05) is 18.2 Å². The van der Waals surface area contributed by atoms with Crippen molar-refractivity contribution in [3.05, 3.63) is 29.8 Å². The van der Waals surface area contributed by atoms with Gasteiger partial charge in [-0.15, -0.1) is 0 Å². The van der Waals surface area contributed by atoms with Crippen LogP contribution >= 0.6 is 0 Å². The second-order valence-corrected chi connectivity index (χ2v) is 5.68. The molecule has 5 nitrogen and oxygen atoms in total. The molecular formula is C10H10F2N2O3S. The summed E-state index contributed by atoms with van der Waals surface area (Å²) in [5.74, 6) is -4.17. The van der Waals surface area contributed by atoms with E-state index in [1.54, 1.807) is 24.3 Å². The van der Waals surface area contributed by atoms with Crippen LogP contribution in [0.2, 0.25) is 0 Å². The van der Waals surface area contributed by atoms with Crippen LogP contribution in [0.4, 0.5) is 14.5 Å². The topological polar surface area (TPSA) is 66.5 Å². The van der Waals surface area contributed by atoms with Crippen molar-refractivity contribution in [2.75, 3.05) is 11.9 Å². The number of nitrogens with one attached hydrogen (secondary N) is 1. The average Bonchev–Trinajstić information content (AvgIpc) is 2.46. The summed E-state index contributed by atoms with van der Waals surface area (Å²) >= 11 is 0. The molecule has 0 bridgehead atoms. The van der Waals surface area contributed by atoms with Gasteiger partial charge in [-0.3, -0.25) is 4.79 Å². The summed E-state index contributed by atoms with van der Waals surface area (Å²) in [6.07, 6.45) is 0. The Morgan fingerprint density at radius 2 is 1.89 bits per heavy atom. The van der Waals surface area contributed by atoms with Crippen LogP contribution in [-0.2, 0) is 21.4 Å². The molecule has 1 aromatic carbocycles. The summed E-state index contributed by atoms with van der Waals surface area (Å²) in [7, 11) is -4.76. The predicted octanol–water partition coefficient (Wildman–Crippen LogP) is 0.993. The number of hydrogen-bond acceptors (Lipinski definition) is 3. The highest BCUT2D eigenvalue weighted by molar-refractivity contribution is 7.89. The average molecular weight is 276 g/mol. The highest BCUT2D eigenvalue weighted by Gasteiger charge is 2.35. The van der Waals surface area contributed by atoms with Gasteiger partial charge in [0.05, 0.1) is 6.54 Å². The van der Waals surface area contributed by atoms with E-state index in [0.29, 0.717) is 15.6 Å². The monoisotopic (exact) mass is 276 g/mol. The maximum absolute atomic E-state index is 12.5. The Morgan fingerprint density at radius 1 is 1.22 bits per heavy atom. The predicted molar refractivity (Wildman–Crippen MR) is 60.4 cm³/mol. The summed E-state index contributed by atoms with van der Waals surface area (Å²) < 4.78 is 48.2. The van der Waals surface area contributed by atoms with E-state index in [2.05, 4.69) is 5.32 Å². The smallest absolute Gasteiger partial charge is 0.325 e. The van der Waals surface area contributed by atoms with E-state index in [9.17, 15) is 22.0 Å². The van der Waals surface area contributed by atoms with Gasteiger partial charge < -0.3 is 5.32 Å². The van der Waals surface area contributed by atoms with Crippen molar-refractivity contribution in [3.63, 3.8) is 0 Å². The number of anilines is 1. The van der Waals surface area contributed by atoms with Crippen LogP contribution < -0.4 is 5.32 Å². The van der Waals surface area contributed by atoms with E-state index in [4.69, 9.17) is 0 Å². The number of benzene rings is 1. The third-order valence-corrected chi connectivity index (χ3v) is 3.97. The zero-order valence-electron chi connectivity index (χ0n) is 9.14. The first-order valence-electron chi connectivity index (χ1n) is 5.06. The molecule has 1 N–H and O–H groups in total. The second-order valence-electron chi connectivity index (χ2n) is 3.78. The highest BCUT2D eigenvalue weighted by Crippen LogP contribution is 2.23. The van der Waals surface area contributed by atoms with Gasteiger partial charge >= 0.3 is 5.76 Å². The minimum Gasteiger partial charge on any atom is -0.325 e. The molecule has 1 amide bonds. The van der Waals surface area contributed by atoms with Gasteiger partial charge in [0.1, 0.15) is 0 Å². The van der Waals surface area contributed by atoms with Gasteiger partial charge in [0.2, 0.25) is 5.91 Å². The molecule has 1 aromatic rings. The Balaban J connectivity index is 2.40. The van der Waals surface area contributed by atoms with Crippen molar-refractivity contribution in [1.82, 2.24) is 4.31 Å². The van der Waals surface area contributed by atoms with Gasteiger partial charge in [0.15, 0.2) is 0 Å². The van der Waals surface area contributed by atoms with Crippen molar-refractivity contribution in [1.29, 1.82) is 0 Å². The number of fused-ring (bicyclic) bond motifs is 1. The standard InChI is InChI=1S/C10H10F2N2O3S/c11-10(12)18(16,17)14-5-7-3-1-2-4-8(7)13-9(15)6-14/h1-4,10H,5-6H2,(H,13,15).